The molecule has 1 N–H and O–H groups in total. The monoisotopic (exact) mass is 216 g/mol. The first-order chi connectivity index (χ1) is 6.04. The minimum absolute atomic E-state index is 0.0787. The highest BCUT2D eigenvalue weighted by molar-refractivity contribution is 7.80. The number of phenolic OH excluding ortho intramolecular Hbond substituents is 1. The SMILES string of the molecule is CC(Cl)C(=O)c1c(O)cccc1S. The summed E-state index contributed by atoms with van der Waals surface area (Å²) >= 11 is 9.67. The van der Waals surface area contributed by atoms with Crippen LogP contribution < -0.4 is 0 Å². The van der Waals surface area contributed by atoms with E-state index in [-0.39, 0.29) is 17.1 Å². The van der Waals surface area contributed by atoms with Crippen molar-refractivity contribution in [3.8, 4) is 5.75 Å². The van der Waals surface area contributed by atoms with E-state index in [0.29, 0.717) is 4.90 Å². The van der Waals surface area contributed by atoms with Gasteiger partial charge in [0, 0.05) is 4.90 Å². The predicted molar refractivity (Wildman–Crippen MR) is 55.0 cm³/mol. The van der Waals surface area contributed by atoms with E-state index < -0.39 is 5.38 Å². The number of benzene rings is 1. The molecule has 0 aliphatic carbocycles. The van der Waals surface area contributed by atoms with Crippen molar-refractivity contribution < 1.29 is 9.90 Å². The molecule has 0 saturated carbocycles. The van der Waals surface area contributed by atoms with Gasteiger partial charge in [0.15, 0.2) is 5.78 Å². The number of carbonyl (C=O) groups excluding carboxylic acids is 1. The second-order valence-corrected chi connectivity index (χ2v) is 3.79. The summed E-state index contributed by atoms with van der Waals surface area (Å²) in [6, 6.07) is 4.69. The lowest BCUT2D eigenvalue weighted by molar-refractivity contribution is 0.0986. The maximum atomic E-state index is 11.4. The molecule has 0 radical (unpaired) electrons. The fourth-order valence-electron chi connectivity index (χ4n) is 0.980. The molecular formula is C9H9ClO2S. The van der Waals surface area contributed by atoms with E-state index in [2.05, 4.69) is 12.6 Å². The number of ketones is 1. The normalized spacial score (nSPS) is 12.5. The third-order valence-corrected chi connectivity index (χ3v) is 2.20. The average molecular weight is 217 g/mol. The molecule has 0 aliphatic rings. The van der Waals surface area contributed by atoms with Gasteiger partial charge in [-0.3, -0.25) is 4.79 Å². The number of hydrogen-bond acceptors (Lipinski definition) is 3. The van der Waals surface area contributed by atoms with Gasteiger partial charge in [0.2, 0.25) is 0 Å². The Kier molecular flexibility index (Phi) is 3.22. The van der Waals surface area contributed by atoms with Gasteiger partial charge in [0.25, 0.3) is 0 Å². The number of phenols is 1. The molecule has 1 unspecified atom stereocenters. The lowest BCUT2D eigenvalue weighted by atomic mass is 10.1. The third-order valence-electron chi connectivity index (χ3n) is 1.63. The van der Waals surface area contributed by atoms with Crippen molar-refractivity contribution in [2.45, 2.75) is 17.2 Å². The Bertz CT molecular complexity index is 316. The smallest absolute Gasteiger partial charge is 0.185 e. The highest BCUT2D eigenvalue weighted by Gasteiger charge is 2.18. The van der Waals surface area contributed by atoms with Crippen LogP contribution in [0, 0.1) is 0 Å². The van der Waals surface area contributed by atoms with Crippen LogP contribution in [0.3, 0.4) is 0 Å². The summed E-state index contributed by atoms with van der Waals surface area (Å²) in [5.74, 6) is -0.394. The third kappa shape index (κ3) is 2.17. The molecule has 2 nitrogen and oxygen atoms in total. The van der Waals surface area contributed by atoms with Crippen LogP contribution in [0.1, 0.15) is 17.3 Å². The molecule has 1 aromatic rings. The van der Waals surface area contributed by atoms with E-state index in [1.54, 1.807) is 19.1 Å². The number of Topliss-reactive ketones (excluding diaryl/α,β-unsaturated/α-hetero) is 1. The largest absolute Gasteiger partial charge is 0.507 e. The maximum absolute atomic E-state index is 11.4. The van der Waals surface area contributed by atoms with Gasteiger partial charge in [-0.25, -0.2) is 0 Å². The first-order valence-corrected chi connectivity index (χ1v) is 4.61. The van der Waals surface area contributed by atoms with Crippen LogP contribution in [0.5, 0.6) is 5.75 Å². The summed E-state index contributed by atoms with van der Waals surface area (Å²) in [6.07, 6.45) is 0. The molecule has 0 amide bonds. The quantitative estimate of drug-likeness (QED) is 0.453. The van der Waals surface area contributed by atoms with Gasteiger partial charge in [0.1, 0.15) is 5.75 Å². The van der Waals surface area contributed by atoms with E-state index in [0.717, 1.165) is 0 Å². The van der Waals surface area contributed by atoms with Crippen molar-refractivity contribution in [3.05, 3.63) is 23.8 Å². The van der Waals surface area contributed by atoms with Gasteiger partial charge in [-0.15, -0.1) is 24.2 Å². The van der Waals surface area contributed by atoms with Crippen LogP contribution in [0.2, 0.25) is 0 Å². The summed E-state index contributed by atoms with van der Waals surface area (Å²) in [7, 11) is 0. The van der Waals surface area contributed by atoms with E-state index in [9.17, 15) is 9.90 Å². The van der Waals surface area contributed by atoms with Crippen LogP contribution in [-0.4, -0.2) is 16.3 Å². The Morgan fingerprint density at radius 3 is 2.69 bits per heavy atom. The van der Waals surface area contributed by atoms with Gasteiger partial charge in [-0.1, -0.05) is 6.07 Å². The number of carbonyl (C=O) groups is 1. The molecule has 0 bridgehead atoms. The number of hydrogen-bond donors (Lipinski definition) is 2. The van der Waals surface area contributed by atoms with E-state index in [4.69, 9.17) is 11.6 Å². The van der Waals surface area contributed by atoms with Crippen molar-refractivity contribution in [1.82, 2.24) is 0 Å². The van der Waals surface area contributed by atoms with Crippen LogP contribution in [0.25, 0.3) is 0 Å². The van der Waals surface area contributed by atoms with Crippen molar-refractivity contribution >= 4 is 30.0 Å². The Balaban J connectivity index is 3.20. The summed E-state index contributed by atoms with van der Waals surface area (Å²) < 4.78 is 0. The molecule has 0 fully saturated rings. The fraction of sp³-hybridized carbons (Fsp3) is 0.222. The molecule has 0 aliphatic heterocycles. The topological polar surface area (TPSA) is 37.3 Å². The van der Waals surface area contributed by atoms with Gasteiger partial charge >= 0.3 is 0 Å². The molecule has 0 aromatic heterocycles. The molecular weight excluding hydrogens is 208 g/mol. The number of alkyl halides is 1. The Labute approximate surface area is 86.9 Å². The maximum Gasteiger partial charge on any atom is 0.185 e. The number of halogens is 1. The molecule has 0 heterocycles. The lowest BCUT2D eigenvalue weighted by Gasteiger charge is -2.07. The summed E-state index contributed by atoms with van der Waals surface area (Å²) in [5, 5.41) is 8.73. The van der Waals surface area contributed by atoms with Gasteiger partial charge < -0.3 is 5.11 Å². The van der Waals surface area contributed by atoms with E-state index >= 15 is 0 Å². The second kappa shape index (κ2) is 4.03. The zero-order chi connectivity index (χ0) is 10.0. The van der Waals surface area contributed by atoms with Crippen molar-refractivity contribution in [3.63, 3.8) is 0 Å². The zero-order valence-electron chi connectivity index (χ0n) is 6.99. The molecule has 1 atom stereocenters. The fourth-order valence-corrected chi connectivity index (χ4v) is 1.40. The van der Waals surface area contributed by atoms with E-state index in [1.165, 1.54) is 6.07 Å². The predicted octanol–water partition coefficient (Wildman–Crippen LogP) is 2.49. The standard InChI is InChI=1S/C9H9ClO2S/c1-5(10)9(12)8-6(11)3-2-4-7(8)13/h2-5,11,13H,1H3. The first-order valence-electron chi connectivity index (χ1n) is 3.73. The van der Waals surface area contributed by atoms with Crippen LogP contribution in [0.15, 0.2) is 23.1 Å². The lowest BCUT2D eigenvalue weighted by Crippen LogP contribution is -2.11. The minimum Gasteiger partial charge on any atom is -0.507 e. The first kappa shape index (κ1) is 10.4. The minimum atomic E-state index is -0.654. The van der Waals surface area contributed by atoms with Crippen molar-refractivity contribution in [1.29, 1.82) is 0 Å². The Hall–Kier alpha value is -0.670. The number of thiol groups is 1. The summed E-state index contributed by atoms with van der Waals surface area (Å²) in [5.41, 5.74) is 0.188. The molecule has 70 valence electrons. The highest BCUT2D eigenvalue weighted by atomic mass is 35.5. The molecule has 0 spiro atoms. The van der Waals surface area contributed by atoms with Crippen LogP contribution in [-0.2, 0) is 0 Å². The van der Waals surface area contributed by atoms with Crippen LogP contribution >= 0.6 is 24.2 Å². The van der Waals surface area contributed by atoms with Crippen molar-refractivity contribution in [2.75, 3.05) is 0 Å². The molecule has 4 heteroatoms. The number of aromatic hydroxyl groups is 1. The molecule has 1 rings (SSSR count). The second-order valence-electron chi connectivity index (χ2n) is 2.65. The zero-order valence-corrected chi connectivity index (χ0v) is 8.64. The molecule has 0 saturated heterocycles. The number of rotatable bonds is 2. The molecule has 1 aromatic carbocycles. The summed E-state index contributed by atoms with van der Waals surface area (Å²) in [6.45, 7) is 1.56. The highest BCUT2D eigenvalue weighted by Crippen LogP contribution is 2.26. The van der Waals surface area contributed by atoms with E-state index in [1.807, 2.05) is 0 Å². The Morgan fingerprint density at radius 2 is 2.23 bits per heavy atom. The Morgan fingerprint density at radius 1 is 1.62 bits per heavy atom. The average Bonchev–Trinajstić information content (AvgIpc) is 2.03. The van der Waals surface area contributed by atoms with Gasteiger partial charge in [0.05, 0.1) is 10.9 Å². The van der Waals surface area contributed by atoms with Crippen molar-refractivity contribution in [2.24, 2.45) is 0 Å². The van der Waals surface area contributed by atoms with Gasteiger partial charge in [-0.2, -0.15) is 0 Å². The molecule has 13 heavy (non-hydrogen) atoms. The van der Waals surface area contributed by atoms with Gasteiger partial charge in [-0.05, 0) is 19.1 Å². The summed E-state index contributed by atoms with van der Waals surface area (Å²) in [4.78, 5) is 11.9. The van der Waals surface area contributed by atoms with Crippen LogP contribution in [0.4, 0.5) is 0 Å².